The van der Waals surface area contributed by atoms with E-state index >= 15 is 0 Å². The Morgan fingerprint density at radius 1 is 1.39 bits per heavy atom. The number of carbonyl (C=O) groups is 1. The predicted molar refractivity (Wildman–Crippen MR) is 90.7 cm³/mol. The van der Waals surface area contributed by atoms with Crippen LogP contribution in [0.1, 0.15) is 33.1 Å². The molecule has 6 heteroatoms. The van der Waals surface area contributed by atoms with Gasteiger partial charge in [0.1, 0.15) is 11.6 Å². The molecule has 1 aliphatic heterocycles. The Balaban J connectivity index is 0.00000192. The molecule has 1 spiro atoms. The molecule has 1 saturated heterocycles. The molecule has 3 rings (SSSR count). The van der Waals surface area contributed by atoms with Gasteiger partial charge < -0.3 is 15.4 Å². The monoisotopic (exact) mass is 342 g/mol. The first-order chi connectivity index (χ1) is 10.5. The van der Waals surface area contributed by atoms with Crippen molar-refractivity contribution in [2.75, 3.05) is 18.4 Å². The van der Waals surface area contributed by atoms with Crippen LogP contribution in [0, 0.1) is 17.2 Å². The number of anilines is 1. The maximum Gasteiger partial charge on any atom is 0.228 e. The number of hydrogen-bond acceptors (Lipinski definition) is 3. The van der Waals surface area contributed by atoms with Crippen LogP contribution in [-0.2, 0) is 4.79 Å². The van der Waals surface area contributed by atoms with E-state index in [2.05, 4.69) is 10.6 Å². The summed E-state index contributed by atoms with van der Waals surface area (Å²) in [5.41, 5.74) is 0.393. The highest BCUT2D eigenvalue weighted by molar-refractivity contribution is 5.95. The number of carbonyl (C=O) groups excluding carboxylic acids is 1. The molecule has 1 atom stereocenters. The number of nitrogens with one attached hydrogen (secondary N) is 2. The zero-order valence-electron chi connectivity index (χ0n) is 13.5. The minimum atomic E-state index is -0.452. The molecule has 23 heavy (non-hydrogen) atoms. The van der Waals surface area contributed by atoms with Crippen LogP contribution >= 0.6 is 12.4 Å². The normalized spacial score (nSPS) is 21.7. The summed E-state index contributed by atoms with van der Waals surface area (Å²) < 4.78 is 19.5. The molecule has 1 amide bonds. The number of benzene rings is 1. The van der Waals surface area contributed by atoms with E-state index in [1.165, 1.54) is 6.07 Å². The summed E-state index contributed by atoms with van der Waals surface area (Å²) in [6, 6.07) is 4.58. The van der Waals surface area contributed by atoms with E-state index < -0.39 is 5.82 Å². The second kappa shape index (κ2) is 7.05. The van der Waals surface area contributed by atoms with Crippen LogP contribution in [0.5, 0.6) is 5.75 Å². The fourth-order valence-corrected chi connectivity index (χ4v) is 3.36. The first-order valence-electron chi connectivity index (χ1n) is 7.98. The minimum Gasteiger partial charge on any atom is -0.491 e. The first-order valence-corrected chi connectivity index (χ1v) is 7.98. The number of halogens is 2. The van der Waals surface area contributed by atoms with Gasteiger partial charge in [-0.15, -0.1) is 12.4 Å². The van der Waals surface area contributed by atoms with Gasteiger partial charge in [-0.1, -0.05) is 0 Å². The van der Waals surface area contributed by atoms with Crippen molar-refractivity contribution in [3.8, 4) is 5.75 Å². The lowest BCUT2D eigenvalue weighted by molar-refractivity contribution is -0.118. The third-order valence-electron chi connectivity index (χ3n) is 4.68. The fourth-order valence-electron chi connectivity index (χ4n) is 3.36. The van der Waals surface area contributed by atoms with E-state index in [0.717, 1.165) is 32.4 Å². The van der Waals surface area contributed by atoms with Gasteiger partial charge in [-0.3, -0.25) is 4.79 Å². The lowest BCUT2D eigenvalue weighted by atomic mass is 9.92. The molecule has 0 bridgehead atoms. The topological polar surface area (TPSA) is 50.4 Å². The van der Waals surface area contributed by atoms with Gasteiger partial charge in [0.05, 0.1) is 11.8 Å². The zero-order valence-corrected chi connectivity index (χ0v) is 14.3. The van der Waals surface area contributed by atoms with Gasteiger partial charge in [0.25, 0.3) is 0 Å². The third kappa shape index (κ3) is 3.96. The van der Waals surface area contributed by atoms with E-state index in [-0.39, 0.29) is 41.4 Å². The van der Waals surface area contributed by atoms with Crippen molar-refractivity contribution in [3.05, 3.63) is 24.0 Å². The van der Waals surface area contributed by atoms with Crippen molar-refractivity contribution in [2.45, 2.75) is 39.2 Å². The maximum absolute atomic E-state index is 14.1. The molecule has 1 aliphatic carbocycles. The van der Waals surface area contributed by atoms with Gasteiger partial charge in [-0.05, 0) is 63.7 Å². The van der Waals surface area contributed by atoms with Crippen molar-refractivity contribution < 1.29 is 13.9 Å². The second-order valence-electron chi connectivity index (χ2n) is 6.67. The van der Waals surface area contributed by atoms with Crippen LogP contribution in [0.25, 0.3) is 0 Å². The fraction of sp³-hybridized carbons (Fsp3) is 0.588. The Labute approximate surface area is 142 Å². The van der Waals surface area contributed by atoms with Gasteiger partial charge in [-0.2, -0.15) is 0 Å². The number of hydrogen-bond donors (Lipinski definition) is 2. The van der Waals surface area contributed by atoms with Crippen LogP contribution in [0.2, 0.25) is 0 Å². The van der Waals surface area contributed by atoms with Crippen LogP contribution < -0.4 is 15.4 Å². The van der Waals surface area contributed by atoms with Gasteiger partial charge in [0, 0.05) is 12.0 Å². The smallest absolute Gasteiger partial charge is 0.228 e. The first kappa shape index (κ1) is 18.0. The number of ether oxygens (including phenoxy) is 1. The molecule has 4 nitrogen and oxygen atoms in total. The summed E-state index contributed by atoms with van der Waals surface area (Å²) in [4.78, 5) is 12.3. The van der Waals surface area contributed by atoms with E-state index in [9.17, 15) is 9.18 Å². The Morgan fingerprint density at radius 2 is 2.09 bits per heavy atom. The van der Waals surface area contributed by atoms with Crippen LogP contribution in [0.3, 0.4) is 0 Å². The van der Waals surface area contributed by atoms with Crippen molar-refractivity contribution >= 4 is 24.0 Å². The Bertz CT molecular complexity index is 574. The molecule has 0 radical (unpaired) electrons. The lowest BCUT2D eigenvalue weighted by Crippen LogP contribution is -2.31. The lowest BCUT2D eigenvalue weighted by Gasteiger charge is -2.23. The quantitative estimate of drug-likeness (QED) is 0.882. The second-order valence-corrected chi connectivity index (χ2v) is 6.67. The Kier molecular flexibility index (Phi) is 5.53. The van der Waals surface area contributed by atoms with Gasteiger partial charge >= 0.3 is 0 Å². The van der Waals surface area contributed by atoms with Gasteiger partial charge in [0.2, 0.25) is 5.91 Å². The Hall–Kier alpha value is -1.33. The van der Waals surface area contributed by atoms with Crippen molar-refractivity contribution in [2.24, 2.45) is 11.3 Å². The molecule has 2 N–H and O–H groups in total. The zero-order chi connectivity index (χ0) is 15.7. The summed E-state index contributed by atoms with van der Waals surface area (Å²) in [7, 11) is 0. The predicted octanol–water partition coefficient (Wildman–Crippen LogP) is 3.36. The van der Waals surface area contributed by atoms with Gasteiger partial charge in [-0.25, -0.2) is 4.39 Å². The molecule has 2 aliphatic rings. The van der Waals surface area contributed by atoms with Crippen molar-refractivity contribution in [3.63, 3.8) is 0 Å². The molecule has 2 fully saturated rings. The molecule has 1 heterocycles. The minimum absolute atomic E-state index is 0. The molecule has 1 saturated carbocycles. The van der Waals surface area contributed by atoms with E-state index in [1.54, 1.807) is 12.1 Å². The Morgan fingerprint density at radius 3 is 2.70 bits per heavy atom. The van der Waals surface area contributed by atoms with Crippen molar-refractivity contribution in [1.82, 2.24) is 5.32 Å². The largest absolute Gasteiger partial charge is 0.491 e. The molecular weight excluding hydrogens is 319 g/mol. The van der Waals surface area contributed by atoms with E-state index in [0.29, 0.717) is 5.75 Å². The van der Waals surface area contributed by atoms with E-state index in [1.807, 2.05) is 13.8 Å². The highest BCUT2D eigenvalue weighted by Crippen LogP contribution is 2.58. The summed E-state index contributed by atoms with van der Waals surface area (Å²) in [5, 5.41) is 6.05. The summed E-state index contributed by atoms with van der Waals surface area (Å²) >= 11 is 0. The molecule has 128 valence electrons. The highest BCUT2D eigenvalue weighted by atomic mass is 35.5. The number of amides is 1. The molecule has 0 aromatic heterocycles. The van der Waals surface area contributed by atoms with E-state index in [4.69, 9.17) is 4.74 Å². The van der Waals surface area contributed by atoms with Gasteiger partial charge in [0.15, 0.2) is 0 Å². The average Bonchev–Trinajstić information content (AvgIpc) is 3.15. The highest BCUT2D eigenvalue weighted by Gasteiger charge is 2.57. The molecule has 1 aromatic carbocycles. The number of piperidine rings is 1. The maximum atomic E-state index is 14.1. The number of rotatable bonds is 4. The standard InChI is InChI=1S/C17H23FN2O2.ClH/c1-11(2)22-12-3-4-15(14(18)9-12)20-16(21)13-10-17(13)5-7-19-8-6-17;/h3-4,9,11,13,19H,5-8,10H2,1-2H3,(H,20,21);1H. The third-order valence-corrected chi connectivity index (χ3v) is 4.68. The summed E-state index contributed by atoms with van der Waals surface area (Å²) in [5.74, 6) is -0.00262. The summed E-state index contributed by atoms with van der Waals surface area (Å²) in [6.45, 7) is 5.72. The van der Waals surface area contributed by atoms with Crippen LogP contribution in [-0.4, -0.2) is 25.1 Å². The van der Waals surface area contributed by atoms with Crippen LogP contribution in [0.15, 0.2) is 18.2 Å². The molecule has 1 aromatic rings. The molecule has 1 unspecified atom stereocenters. The van der Waals surface area contributed by atoms with Crippen molar-refractivity contribution in [1.29, 1.82) is 0 Å². The van der Waals surface area contributed by atoms with Crippen LogP contribution in [0.4, 0.5) is 10.1 Å². The average molecular weight is 343 g/mol. The summed E-state index contributed by atoms with van der Waals surface area (Å²) in [6.07, 6.45) is 2.99. The SMILES string of the molecule is CC(C)Oc1ccc(NC(=O)C2CC23CCNCC3)c(F)c1.Cl. The molecular formula is C17H24ClFN2O2.